The molecule has 0 aliphatic heterocycles. The highest BCUT2D eigenvalue weighted by molar-refractivity contribution is 6.31. The average Bonchev–Trinajstić information content (AvgIpc) is 2.82. The summed E-state index contributed by atoms with van der Waals surface area (Å²) in [6.45, 7) is 0. The molecule has 4 nitrogen and oxygen atoms in total. The van der Waals surface area contributed by atoms with Crippen molar-refractivity contribution in [1.82, 2.24) is 5.48 Å². The molecule has 1 aromatic rings. The first-order valence-electron chi connectivity index (χ1n) is 5.61. The highest BCUT2D eigenvalue weighted by Gasteiger charge is 2.18. The van der Waals surface area contributed by atoms with Gasteiger partial charge in [0.1, 0.15) is 5.75 Å². The molecule has 1 amide bonds. The minimum absolute atomic E-state index is 0.0836. The van der Waals surface area contributed by atoms with Gasteiger partial charge in [0.2, 0.25) is 0 Å². The largest absolute Gasteiger partial charge is 0.507 e. The average molecular weight is 256 g/mol. The molecule has 0 heterocycles. The van der Waals surface area contributed by atoms with E-state index in [1.165, 1.54) is 18.2 Å². The molecule has 0 radical (unpaired) electrons. The number of hydroxylamine groups is 1. The van der Waals surface area contributed by atoms with Gasteiger partial charge in [-0.25, -0.2) is 5.48 Å². The lowest BCUT2D eigenvalue weighted by atomic mass is 10.2. The molecular formula is C12H14ClNO3. The number of phenols is 1. The fraction of sp³-hybridized carbons (Fsp3) is 0.417. The van der Waals surface area contributed by atoms with Crippen molar-refractivity contribution in [3.05, 3.63) is 28.8 Å². The van der Waals surface area contributed by atoms with E-state index < -0.39 is 5.91 Å². The van der Waals surface area contributed by atoms with Crippen molar-refractivity contribution in [1.29, 1.82) is 0 Å². The zero-order valence-corrected chi connectivity index (χ0v) is 10.0. The van der Waals surface area contributed by atoms with E-state index in [9.17, 15) is 9.90 Å². The maximum atomic E-state index is 11.7. The standard InChI is InChI=1S/C12H14ClNO3/c13-8-5-6-11(15)10(7-8)12(16)14-17-9-3-1-2-4-9/h5-7,9,15H,1-4H2,(H,14,16). The van der Waals surface area contributed by atoms with Gasteiger partial charge in [0, 0.05) is 5.02 Å². The Labute approximate surface area is 104 Å². The topological polar surface area (TPSA) is 58.6 Å². The van der Waals surface area contributed by atoms with Crippen LogP contribution >= 0.6 is 11.6 Å². The molecule has 0 bridgehead atoms. The molecule has 0 atom stereocenters. The number of carbonyl (C=O) groups excluding carboxylic acids is 1. The Bertz CT molecular complexity index is 416. The van der Waals surface area contributed by atoms with Crippen LogP contribution in [-0.4, -0.2) is 17.1 Å². The molecule has 1 aliphatic carbocycles. The number of rotatable bonds is 3. The predicted octanol–water partition coefficient (Wildman–Crippen LogP) is 2.65. The number of nitrogens with one attached hydrogen (secondary N) is 1. The summed E-state index contributed by atoms with van der Waals surface area (Å²) in [6.07, 6.45) is 4.26. The lowest BCUT2D eigenvalue weighted by molar-refractivity contribution is -0.0126. The van der Waals surface area contributed by atoms with Gasteiger partial charge in [-0.15, -0.1) is 0 Å². The summed E-state index contributed by atoms with van der Waals surface area (Å²) in [4.78, 5) is 17.0. The van der Waals surface area contributed by atoms with E-state index in [0.717, 1.165) is 25.7 Å². The van der Waals surface area contributed by atoms with Gasteiger partial charge in [-0.3, -0.25) is 9.63 Å². The molecule has 5 heteroatoms. The second-order valence-corrected chi connectivity index (χ2v) is 4.55. The summed E-state index contributed by atoms with van der Waals surface area (Å²) in [6, 6.07) is 4.31. The van der Waals surface area contributed by atoms with Gasteiger partial charge >= 0.3 is 0 Å². The molecular weight excluding hydrogens is 242 g/mol. The zero-order chi connectivity index (χ0) is 12.3. The fourth-order valence-corrected chi connectivity index (χ4v) is 2.06. The summed E-state index contributed by atoms with van der Waals surface area (Å²) in [5, 5.41) is 9.92. The number of phenolic OH excluding ortho intramolecular Hbond substituents is 1. The third-order valence-corrected chi connectivity index (χ3v) is 3.06. The molecule has 0 saturated heterocycles. The lowest BCUT2D eigenvalue weighted by Gasteiger charge is -2.12. The quantitative estimate of drug-likeness (QED) is 0.817. The molecule has 1 aliphatic rings. The van der Waals surface area contributed by atoms with Crippen molar-refractivity contribution in [3.8, 4) is 5.75 Å². The van der Waals surface area contributed by atoms with Crippen LogP contribution in [-0.2, 0) is 4.84 Å². The summed E-state index contributed by atoms with van der Waals surface area (Å²) < 4.78 is 0. The Morgan fingerprint density at radius 3 is 2.82 bits per heavy atom. The minimum Gasteiger partial charge on any atom is -0.507 e. The molecule has 92 valence electrons. The Kier molecular flexibility index (Phi) is 3.86. The number of hydrogen-bond donors (Lipinski definition) is 2. The Morgan fingerprint density at radius 2 is 2.12 bits per heavy atom. The number of halogens is 1. The Hall–Kier alpha value is -1.26. The van der Waals surface area contributed by atoms with Gasteiger partial charge in [-0.1, -0.05) is 24.4 Å². The van der Waals surface area contributed by atoms with Crippen LogP contribution in [0.4, 0.5) is 0 Å². The third kappa shape index (κ3) is 3.11. The van der Waals surface area contributed by atoms with Crippen LogP contribution in [0.3, 0.4) is 0 Å². The summed E-state index contributed by atoms with van der Waals surface area (Å²) >= 11 is 5.76. The van der Waals surface area contributed by atoms with Crippen molar-refractivity contribution in [2.24, 2.45) is 0 Å². The second kappa shape index (κ2) is 5.38. The fourth-order valence-electron chi connectivity index (χ4n) is 1.89. The zero-order valence-electron chi connectivity index (χ0n) is 9.28. The van der Waals surface area contributed by atoms with Crippen molar-refractivity contribution in [2.75, 3.05) is 0 Å². The summed E-state index contributed by atoms with van der Waals surface area (Å²) in [5.41, 5.74) is 2.47. The SMILES string of the molecule is O=C(NOC1CCCC1)c1cc(Cl)ccc1O. The van der Waals surface area contributed by atoms with Gasteiger partial charge in [0.05, 0.1) is 11.7 Å². The first-order chi connectivity index (χ1) is 8.16. The minimum atomic E-state index is -0.475. The molecule has 17 heavy (non-hydrogen) atoms. The Balaban J connectivity index is 1.96. The molecule has 0 unspecified atom stereocenters. The maximum absolute atomic E-state index is 11.7. The molecule has 1 fully saturated rings. The van der Waals surface area contributed by atoms with Crippen LogP contribution in [0.5, 0.6) is 5.75 Å². The molecule has 0 spiro atoms. The maximum Gasteiger partial charge on any atom is 0.278 e. The monoisotopic (exact) mass is 255 g/mol. The molecule has 1 aromatic carbocycles. The molecule has 1 saturated carbocycles. The van der Waals surface area contributed by atoms with Gasteiger partial charge < -0.3 is 5.11 Å². The molecule has 2 rings (SSSR count). The van der Waals surface area contributed by atoms with Crippen molar-refractivity contribution in [3.63, 3.8) is 0 Å². The number of amides is 1. The normalized spacial score (nSPS) is 16.1. The second-order valence-electron chi connectivity index (χ2n) is 4.12. The van der Waals surface area contributed by atoms with E-state index in [1.54, 1.807) is 0 Å². The first kappa shape index (κ1) is 12.2. The van der Waals surface area contributed by atoms with Crippen LogP contribution in [0.25, 0.3) is 0 Å². The van der Waals surface area contributed by atoms with Crippen LogP contribution in [0.1, 0.15) is 36.0 Å². The van der Waals surface area contributed by atoms with Gasteiger partial charge in [-0.2, -0.15) is 0 Å². The number of benzene rings is 1. The third-order valence-electron chi connectivity index (χ3n) is 2.82. The lowest BCUT2D eigenvalue weighted by Crippen LogP contribution is -2.28. The summed E-state index contributed by atoms with van der Waals surface area (Å²) in [5.74, 6) is -0.584. The van der Waals surface area contributed by atoms with Crippen molar-refractivity contribution < 1.29 is 14.7 Å². The highest BCUT2D eigenvalue weighted by atomic mass is 35.5. The highest BCUT2D eigenvalue weighted by Crippen LogP contribution is 2.22. The van der Waals surface area contributed by atoms with E-state index in [1.807, 2.05) is 0 Å². The van der Waals surface area contributed by atoms with E-state index in [-0.39, 0.29) is 17.4 Å². The van der Waals surface area contributed by atoms with Gasteiger partial charge in [0.25, 0.3) is 5.91 Å². The smallest absolute Gasteiger partial charge is 0.278 e. The van der Waals surface area contributed by atoms with Crippen LogP contribution in [0, 0.1) is 0 Å². The number of aromatic hydroxyl groups is 1. The summed E-state index contributed by atoms with van der Waals surface area (Å²) in [7, 11) is 0. The number of carbonyl (C=O) groups is 1. The van der Waals surface area contributed by atoms with E-state index in [2.05, 4.69) is 5.48 Å². The molecule has 2 N–H and O–H groups in total. The number of hydrogen-bond acceptors (Lipinski definition) is 3. The van der Waals surface area contributed by atoms with Crippen LogP contribution in [0.2, 0.25) is 5.02 Å². The van der Waals surface area contributed by atoms with E-state index >= 15 is 0 Å². The predicted molar refractivity (Wildman–Crippen MR) is 63.9 cm³/mol. The van der Waals surface area contributed by atoms with E-state index in [4.69, 9.17) is 16.4 Å². The van der Waals surface area contributed by atoms with Crippen molar-refractivity contribution >= 4 is 17.5 Å². The van der Waals surface area contributed by atoms with Gasteiger partial charge in [0.15, 0.2) is 0 Å². The first-order valence-corrected chi connectivity index (χ1v) is 5.99. The van der Waals surface area contributed by atoms with Crippen molar-refractivity contribution in [2.45, 2.75) is 31.8 Å². The van der Waals surface area contributed by atoms with Crippen LogP contribution in [0.15, 0.2) is 18.2 Å². The van der Waals surface area contributed by atoms with Gasteiger partial charge in [-0.05, 0) is 31.0 Å². The van der Waals surface area contributed by atoms with Crippen LogP contribution < -0.4 is 5.48 Å². The van der Waals surface area contributed by atoms with E-state index in [0.29, 0.717) is 5.02 Å². The Morgan fingerprint density at radius 1 is 1.41 bits per heavy atom. The molecule has 0 aromatic heterocycles.